The van der Waals surface area contributed by atoms with Gasteiger partial charge in [0.25, 0.3) is 0 Å². The highest BCUT2D eigenvalue weighted by atomic mass is 14.9. The summed E-state index contributed by atoms with van der Waals surface area (Å²) in [7, 11) is 0. The molecule has 11 heavy (non-hydrogen) atoms. The molecule has 1 aromatic heterocycles. The molecule has 0 fully saturated rings. The highest BCUT2D eigenvalue weighted by molar-refractivity contribution is 5.18. The van der Waals surface area contributed by atoms with Gasteiger partial charge in [0.2, 0.25) is 0 Å². The van der Waals surface area contributed by atoms with Gasteiger partial charge in [0.05, 0.1) is 0 Å². The van der Waals surface area contributed by atoms with Gasteiger partial charge in [-0.15, -0.1) is 0 Å². The molecular weight excluding hydrogens is 136 g/mol. The van der Waals surface area contributed by atoms with E-state index in [4.69, 9.17) is 0 Å². The Hall–Kier alpha value is -0.760. The van der Waals surface area contributed by atoms with E-state index in [1.165, 1.54) is 17.7 Å². The molecule has 0 amide bonds. The molecule has 2 N–H and O–H groups in total. The third kappa shape index (κ3) is 2.39. The zero-order chi connectivity index (χ0) is 8.10. The Morgan fingerprint density at radius 1 is 1.55 bits per heavy atom. The van der Waals surface area contributed by atoms with Crippen molar-refractivity contribution >= 4 is 0 Å². The number of aromatic amines is 1. The first-order valence-electron chi connectivity index (χ1n) is 4.18. The summed E-state index contributed by atoms with van der Waals surface area (Å²) in [6.45, 7) is 6.37. The van der Waals surface area contributed by atoms with Crippen molar-refractivity contribution in [1.82, 2.24) is 10.3 Å². The lowest BCUT2D eigenvalue weighted by Gasteiger charge is -2.00. The molecule has 0 aromatic carbocycles. The topological polar surface area (TPSA) is 27.8 Å². The largest absolute Gasteiger partial charge is 0.365 e. The Kier molecular flexibility index (Phi) is 3.17. The van der Waals surface area contributed by atoms with Crippen molar-refractivity contribution in [1.29, 1.82) is 0 Å². The van der Waals surface area contributed by atoms with Crippen LogP contribution in [0.1, 0.15) is 24.6 Å². The van der Waals surface area contributed by atoms with Gasteiger partial charge in [0, 0.05) is 18.4 Å². The molecule has 62 valence electrons. The number of hydrogen-bond donors (Lipinski definition) is 2. The molecule has 0 aliphatic heterocycles. The number of aromatic nitrogens is 1. The van der Waals surface area contributed by atoms with Crippen LogP contribution in [0.2, 0.25) is 0 Å². The molecule has 0 aliphatic rings. The second kappa shape index (κ2) is 4.19. The molecule has 1 rings (SSSR count). The summed E-state index contributed by atoms with van der Waals surface area (Å²) in [6, 6.07) is 2.12. The van der Waals surface area contributed by atoms with Crippen LogP contribution in [0, 0.1) is 6.92 Å². The third-order valence-electron chi connectivity index (χ3n) is 1.81. The standard InChI is InChI=1S/C9H16N2/c1-3-5-10-7-9-4-6-11-8(9)2/h4,6,10-11H,3,5,7H2,1-2H3. The second-order valence-corrected chi connectivity index (χ2v) is 2.80. The molecule has 2 heteroatoms. The molecule has 0 unspecified atom stereocenters. The van der Waals surface area contributed by atoms with Crippen LogP contribution in [0.4, 0.5) is 0 Å². The summed E-state index contributed by atoms with van der Waals surface area (Å²) in [5, 5.41) is 3.36. The van der Waals surface area contributed by atoms with Gasteiger partial charge in [-0.25, -0.2) is 0 Å². The lowest BCUT2D eigenvalue weighted by Crippen LogP contribution is -2.13. The first-order chi connectivity index (χ1) is 5.34. The van der Waals surface area contributed by atoms with Gasteiger partial charge in [0.15, 0.2) is 0 Å². The monoisotopic (exact) mass is 152 g/mol. The van der Waals surface area contributed by atoms with Crippen molar-refractivity contribution in [3.05, 3.63) is 23.5 Å². The SMILES string of the molecule is CCCNCc1cc[nH]c1C. The van der Waals surface area contributed by atoms with Crippen LogP contribution < -0.4 is 5.32 Å². The maximum absolute atomic E-state index is 3.36. The van der Waals surface area contributed by atoms with E-state index in [1.807, 2.05) is 6.20 Å². The molecule has 0 bridgehead atoms. The zero-order valence-electron chi connectivity index (χ0n) is 7.28. The van der Waals surface area contributed by atoms with E-state index in [2.05, 4.69) is 30.2 Å². The van der Waals surface area contributed by atoms with Crippen LogP contribution in [-0.4, -0.2) is 11.5 Å². The van der Waals surface area contributed by atoms with E-state index >= 15 is 0 Å². The first-order valence-corrected chi connectivity index (χ1v) is 4.18. The van der Waals surface area contributed by atoms with Gasteiger partial charge in [0.1, 0.15) is 0 Å². The van der Waals surface area contributed by atoms with Gasteiger partial charge in [-0.2, -0.15) is 0 Å². The molecule has 0 saturated heterocycles. The number of nitrogens with one attached hydrogen (secondary N) is 2. The molecule has 0 aliphatic carbocycles. The highest BCUT2D eigenvalue weighted by Gasteiger charge is 1.95. The van der Waals surface area contributed by atoms with Crippen molar-refractivity contribution in [3.63, 3.8) is 0 Å². The average molecular weight is 152 g/mol. The van der Waals surface area contributed by atoms with Crippen molar-refractivity contribution in [3.8, 4) is 0 Å². The van der Waals surface area contributed by atoms with Crippen LogP contribution in [0.25, 0.3) is 0 Å². The summed E-state index contributed by atoms with van der Waals surface area (Å²) < 4.78 is 0. The smallest absolute Gasteiger partial charge is 0.0223 e. The fourth-order valence-electron chi connectivity index (χ4n) is 1.08. The Morgan fingerprint density at radius 3 is 2.91 bits per heavy atom. The van der Waals surface area contributed by atoms with E-state index in [0.29, 0.717) is 0 Å². The molecule has 0 spiro atoms. The summed E-state index contributed by atoms with van der Waals surface area (Å²) in [5.74, 6) is 0. The Labute approximate surface area is 68.0 Å². The van der Waals surface area contributed by atoms with E-state index in [1.54, 1.807) is 0 Å². The summed E-state index contributed by atoms with van der Waals surface area (Å²) in [6.07, 6.45) is 3.18. The number of rotatable bonds is 4. The zero-order valence-corrected chi connectivity index (χ0v) is 7.28. The Bertz CT molecular complexity index is 203. The van der Waals surface area contributed by atoms with Gasteiger partial charge < -0.3 is 10.3 Å². The van der Waals surface area contributed by atoms with Crippen molar-refractivity contribution < 1.29 is 0 Å². The maximum atomic E-state index is 3.36. The predicted molar refractivity (Wildman–Crippen MR) is 47.5 cm³/mol. The molecule has 0 atom stereocenters. The summed E-state index contributed by atoms with van der Waals surface area (Å²) >= 11 is 0. The third-order valence-corrected chi connectivity index (χ3v) is 1.81. The van der Waals surface area contributed by atoms with Gasteiger partial charge >= 0.3 is 0 Å². The van der Waals surface area contributed by atoms with Crippen LogP contribution in [0.3, 0.4) is 0 Å². The minimum absolute atomic E-state index is 0.989. The Morgan fingerprint density at radius 2 is 2.36 bits per heavy atom. The minimum atomic E-state index is 0.989. The minimum Gasteiger partial charge on any atom is -0.365 e. The maximum Gasteiger partial charge on any atom is 0.0223 e. The van der Waals surface area contributed by atoms with E-state index in [9.17, 15) is 0 Å². The average Bonchev–Trinajstić information content (AvgIpc) is 2.37. The van der Waals surface area contributed by atoms with Crippen molar-refractivity contribution in [2.45, 2.75) is 26.8 Å². The molecule has 2 nitrogen and oxygen atoms in total. The second-order valence-electron chi connectivity index (χ2n) is 2.80. The molecule has 0 saturated carbocycles. The fourth-order valence-corrected chi connectivity index (χ4v) is 1.08. The van der Waals surface area contributed by atoms with E-state index in [-0.39, 0.29) is 0 Å². The normalized spacial score (nSPS) is 10.4. The van der Waals surface area contributed by atoms with E-state index in [0.717, 1.165) is 13.1 Å². The quantitative estimate of drug-likeness (QED) is 0.633. The fraction of sp³-hybridized carbons (Fsp3) is 0.556. The van der Waals surface area contributed by atoms with E-state index < -0.39 is 0 Å². The first kappa shape index (κ1) is 8.34. The lowest BCUT2D eigenvalue weighted by atomic mass is 10.2. The van der Waals surface area contributed by atoms with Crippen molar-refractivity contribution in [2.24, 2.45) is 0 Å². The van der Waals surface area contributed by atoms with Gasteiger partial charge in [-0.3, -0.25) is 0 Å². The van der Waals surface area contributed by atoms with Crippen LogP contribution in [0.15, 0.2) is 12.3 Å². The molecule has 1 aromatic rings. The number of hydrogen-bond acceptors (Lipinski definition) is 1. The number of H-pyrrole nitrogens is 1. The highest BCUT2D eigenvalue weighted by Crippen LogP contribution is 2.03. The van der Waals surface area contributed by atoms with Crippen molar-refractivity contribution in [2.75, 3.05) is 6.54 Å². The Balaban J connectivity index is 2.32. The van der Waals surface area contributed by atoms with Crippen LogP contribution in [0.5, 0.6) is 0 Å². The predicted octanol–water partition coefficient (Wildman–Crippen LogP) is 1.82. The van der Waals surface area contributed by atoms with Gasteiger partial charge in [-0.1, -0.05) is 6.92 Å². The molecule has 0 radical (unpaired) electrons. The van der Waals surface area contributed by atoms with Crippen LogP contribution in [-0.2, 0) is 6.54 Å². The van der Waals surface area contributed by atoms with Crippen LogP contribution >= 0.6 is 0 Å². The summed E-state index contributed by atoms with van der Waals surface area (Å²) in [4.78, 5) is 3.16. The van der Waals surface area contributed by atoms with Gasteiger partial charge in [-0.05, 0) is 31.5 Å². The number of aryl methyl sites for hydroxylation is 1. The lowest BCUT2D eigenvalue weighted by molar-refractivity contribution is 0.673. The summed E-state index contributed by atoms with van der Waals surface area (Å²) in [5.41, 5.74) is 2.65. The molecular formula is C9H16N2. The molecule has 1 heterocycles.